The molecule has 0 aliphatic carbocycles. The standard InChI is InChI=1S/C14H19N3O2/c1-14(2,19)8-17(3)13(18)11-7-9-5-4-6-10(15)12(9)16-11/h4-7,16,19H,8,15H2,1-3H3. The molecule has 0 aliphatic heterocycles. The number of aliphatic hydroxyl groups is 1. The number of amides is 1. The van der Waals surface area contributed by atoms with Gasteiger partial charge in [-0.25, -0.2) is 0 Å². The molecule has 1 amide bonds. The third-order valence-electron chi connectivity index (χ3n) is 2.89. The number of aromatic amines is 1. The fourth-order valence-electron chi connectivity index (χ4n) is 2.15. The molecule has 0 radical (unpaired) electrons. The molecule has 2 aromatic rings. The van der Waals surface area contributed by atoms with Crippen LogP contribution in [0.5, 0.6) is 0 Å². The van der Waals surface area contributed by atoms with Crippen LogP contribution in [-0.4, -0.2) is 40.1 Å². The van der Waals surface area contributed by atoms with Crippen LogP contribution in [0.1, 0.15) is 24.3 Å². The molecule has 5 heteroatoms. The number of anilines is 1. The summed E-state index contributed by atoms with van der Waals surface area (Å²) in [5.41, 5.74) is 6.78. The average molecular weight is 261 g/mol. The zero-order valence-electron chi connectivity index (χ0n) is 11.4. The van der Waals surface area contributed by atoms with Crippen LogP contribution >= 0.6 is 0 Å². The van der Waals surface area contributed by atoms with E-state index in [9.17, 15) is 9.90 Å². The topological polar surface area (TPSA) is 82.3 Å². The van der Waals surface area contributed by atoms with Crippen LogP contribution in [0.3, 0.4) is 0 Å². The highest BCUT2D eigenvalue weighted by Gasteiger charge is 2.21. The Morgan fingerprint density at radius 2 is 2.16 bits per heavy atom. The number of hydrogen-bond donors (Lipinski definition) is 3. The number of aromatic nitrogens is 1. The second-order valence-electron chi connectivity index (χ2n) is 5.47. The van der Waals surface area contributed by atoms with Gasteiger partial charge in [-0.05, 0) is 26.0 Å². The van der Waals surface area contributed by atoms with Gasteiger partial charge in [-0.3, -0.25) is 4.79 Å². The van der Waals surface area contributed by atoms with Gasteiger partial charge in [0, 0.05) is 19.0 Å². The number of benzene rings is 1. The van der Waals surface area contributed by atoms with E-state index in [4.69, 9.17) is 5.73 Å². The molecule has 2 rings (SSSR count). The molecule has 1 heterocycles. The van der Waals surface area contributed by atoms with Crippen LogP contribution in [0.4, 0.5) is 5.69 Å². The number of likely N-dealkylation sites (N-methyl/N-ethyl adjacent to an activating group) is 1. The van der Waals surface area contributed by atoms with Crippen molar-refractivity contribution in [3.05, 3.63) is 30.0 Å². The van der Waals surface area contributed by atoms with Gasteiger partial charge in [0.2, 0.25) is 0 Å². The second-order valence-corrected chi connectivity index (χ2v) is 5.47. The van der Waals surface area contributed by atoms with E-state index in [0.29, 0.717) is 11.4 Å². The van der Waals surface area contributed by atoms with Crippen molar-refractivity contribution in [3.8, 4) is 0 Å². The van der Waals surface area contributed by atoms with Crippen LogP contribution in [0, 0.1) is 0 Å². The van der Waals surface area contributed by atoms with E-state index in [2.05, 4.69) is 4.98 Å². The molecule has 0 spiro atoms. The lowest BCUT2D eigenvalue weighted by atomic mass is 10.1. The monoisotopic (exact) mass is 261 g/mol. The van der Waals surface area contributed by atoms with Gasteiger partial charge in [-0.1, -0.05) is 12.1 Å². The first-order valence-electron chi connectivity index (χ1n) is 6.13. The van der Waals surface area contributed by atoms with Gasteiger partial charge in [-0.2, -0.15) is 0 Å². The highest BCUT2D eigenvalue weighted by Crippen LogP contribution is 2.21. The first-order chi connectivity index (χ1) is 8.78. The lowest BCUT2D eigenvalue weighted by molar-refractivity contribution is 0.0365. The summed E-state index contributed by atoms with van der Waals surface area (Å²) >= 11 is 0. The SMILES string of the molecule is CN(CC(C)(C)O)C(=O)c1cc2cccc(N)c2[nH]1. The van der Waals surface area contributed by atoms with E-state index < -0.39 is 5.60 Å². The summed E-state index contributed by atoms with van der Waals surface area (Å²) in [5.74, 6) is -0.169. The van der Waals surface area contributed by atoms with Gasteiger partial charge >= 0.3 is 0 Å². The molecule has 0 bridgehead atoms. The number of hydrogen-bond acceptors (Lipinski definition) is 3. The van der Waals surface area contributed by atoms with Gasteiger partial charge < -0.3 is 20.7 Å². The molecule has 19 heavy (non-hydrogen) atoms. The first-order valence-corrected chi connectivity index (χ1v) is 6.13. The number of carbonyl (C=O) groups excluding carboxylic acids is 1. The molecule has 4 N–H and O–H groups in total. The summed E-state index contributed by atoms with van der Waals surface area (Å²) in [6, 6.07) is 7.30. The van der Waals surface area contributed by atoms with Crippen molar-refractivity contribution in [3.63, 3.8) is 0 Å². The molecule has 1 aromatic heterocycles. The quantitative estimate of drug-likeness (QED) is 0.734. The number of carbonyl (C=O) groups is 1. The number of fused-ring (bicyclic) bond motifs is 1. The van der Waals surface area contributed by atoms with Crippen molar-refractivity contribution in [1.29, 1.82) is 0 Å². The van der Waals surface area contributed by atoms with Gasteiger partial charge in [0.15, 0.2) is 0 Å². The Morgan fingerprint density at radius 1 is 1.47 bits per heavy atom. The lowest BCUT2D eigenvalue weighted by Crippen LogP contribution is -2.39. The maximum absolute atomic E-state index is 12.2. The van der Waals surface area contributed by atoms with Crippen molar-refractivity contribution in [2.75, 3.05) is 19.3 Å². The minimum absolute atomic E-state index is 0.169. The molecule has 0 saturated heterocycles. The van der Waals surface area contributed by atoms with Crippen molar-refractivity contribution >= 4 is 22.5 Å². The fraction of sp³-hybridized carbons (Fsp3) is 0.357. The van der Waals surface area contributed by atoms with Crippen molar-refractivity contribution in [1.82, 2.24) is 9.88 Å². The first kappa shape index (κ1) is 13.4. The van der Waals surface area contributed by atoms with Crippen molar-refractivity contribution in [2.45, 2.75) is 19.4 Å². The Bertz CT molecular complexity index is 611. The molecule has 0 saturated carbocycles. The second kappa shape index (κ2) is 4.59. The zero-order valence-corrected chi connectivity index (χ0v) is 11.4. The van der Waals surface area contributed by atoms with E-state index >= 15 is 0 Å². The molecule has 0 aliphatic rings. The summed E-state index contributed by atoms with van der Waals surface area (Å²) in [6.45, 7) is 3.59. The lowest BCUT2D eigenvalue weighted by Gasteiger charge is -2.25. The summed E-state index contributed by atoms with van der Waals surface area (Å²) in [6.07, 6.45) is 0. The zero-order chi connectivity index (χ0) is 14.2. The normalized spacial score (nSPS) is 11.8. The number of rotatable bonds is 3. The fourth-order valence-corrected chi connectivity index (χ4v) is 2.15. The molecule has 0 atom stereocenters. The number of nitrogens with two attached hydrogens (primary N) is 1. The minimum Gasteiger partial charge on any atom is -0.397 e. The number of nitrogen functional groups attached to an aromatic ring is 1. The van der Waals surface area contributed by atoms with Crippen molar-refractivity contribution < 1.29 is 9.90 Å². The van der Waals surface area contributed by atoms with Crippen LogP contribution < -0.4 is 5.73 Å². The number of nitrogens with one attached hydrogen (secondary N) is 1. The highest BCUT2D eigenvalue weighted by atomic mass is 16.3. The van der Waals surface area contributed by atoms with Gasteiger partial charge in [0.25, 0.3) is 5.91 Å². The Balaban J connectivity index is 2.29. The maximum atomic E-state index is 12.2. The highest BCUT2D eigenvalue weighted by molar-refractivity contribution is 6.00. The Hall–Kier alpha value is -2.01. The summed E-state index contributed by atoms with van der Waals surface area (Å²) in [7, 11) is 1.66. The van der Waals surface area contributed by atoms with Gasteiger partial charge in [0.05, 0.1) is 16.8 Å². The van der Waals surface area contributed by atoms with E-state index in [0.717, 1.165) is 10.9 Å². The Kier molecular flexibility index (Phi) is 3.24. The molecular weight excluding hydrogens is 242 g/mol. The van der Waals surface area contributed by atoms with Crippen LogP contribution in [0.15, 0.2) is 24.3 Å². The predicted molar refractivity (Wildman–Crippen MR) is 76.0 cm³/mol. The average Bonchev–Trinajstić information content (AvgIpc) is 2.71. The Morgan fingerprint density at radius 3 is 2.74 bits per heavy atom. The molecule has 0 fully saturated rings. The Labute approximate surface area is 112 Å². The van der Waals surface area contributed by atoms with Crippen LogP contribution in [0.25, 0.3) is 10.9 Å². The number of H-pyrrole nitrogens is 1. The molecule has 5 nitrogen and oxygen atoms in total. The van der Waals surface area contributed by atoms with E-state index in [1.165, 1.54) is 4.90 Å². The number of para-hydroxylation sites is 1. The van der Waals surface area contributed by atoms with Crippen LogP contribution in [0.2, 0.25) is 0 Å². The molecule has 102 valence electrons. The van der Waals surface area contributed by atoms with Gasteiger partial charge in [0.1, 0.15) is 5.69 Å². The third kappa shape index (κ3) is 2.88. The van der Waals surface area contributed by atoms with E-state index in [1.807, 2.05) is 12.1 Å². The van der Waals surface area contributed by atoms with E-state index in [-0.39, 0.29) is 12.5 Å². The molecule has 1 aromatic carbocycles. The van der Waals surface area contributed by atoms with Crippen LogP contribution in [-0.2, 0) is 0 Å². The smallest absolute Gasteiger partial charge is 0.270 e. The summed E-state index contributed by atoms with van der Waals surface area (Å²) in [4.78, 5) is 16.8. The summed E-state index contributed by atoms with van der Waals surface area (Å²) in [5, 5.41) is 10.6. The largest absolute Gasteiger partial charge is 0.397 e. The third-order valence-corrected chi connectivity index (χ3v) is 2.89. The maximum Gasteiger partial charge on any atom is 0.270 e. The van der Waals surface area contributed by atoms with E-state index in [1.54, 1.807) is 33.0 Å². The number of nitrogens with zero attached hydrogens (tertiary/aromatic N) is 1. The predicted octanol–water partition coefficient (Wildman–Crippen LogP) is 1.59. The van der Waals surface area contributed by atoms with Crippen molar-refractivity contribution in [2.24, 2.45) is 0 Å². The summed E-state index contributed by atoms with van der Waals surface area (Å²) < 4.78 is 0. The molecular formula is C14H19N3O2. The molecule has 0 unspecified atom stereocenters. The minimum atomic E-state index is -0.921. The van der Waals surface area contributed by atoms with Gasteiger partial charge in [-0.15, -0.1) is 0 Å².